The highest BCUT2D eigenvalue weighted by atomic mass is 16.4. The van der Waals surface area contributed by atoms with Gasteiger partial charge in [0.1, 0.15) is 0 Å². The van der Waals surface area contributed by atoms with Gasteiger partial charge in [0.15, 0.2) is 11.5 Å². The first-order chi connectivity index (χ1) is 4.09. The second-order valence-electron chi connectivity index (χ2n) is 1.29. The van der Waals surface area contributed by atoms with Gasteiger partial charge < -0.3 is 10.8 Å². The van der Waals surface area contributed by atoms with Crippen LogP contribution >= 0.6 is 0 Å². The Bertz CT molecular complexity index is 173. The number of amidine groups is 1. The highest BCUT2D eigenvalue weighted by molar-refractivity contribution is 6.63. The molecule has 4 N–H and O–H groups in total. The van der Waals surface area contributed by atoms with Crippen molar-refractivity contribution in [1.29, 1.82) is 5.41 Å². The molecule has 0 aliphatic rings. The lowest BCUT2D eigenvalue weighted by Gasteiger charge is -1.92. The number of hydrogen-bond donors (Lipinski definition) is 3. The summed E-state index contributed by atoms with van der Waals surface area (Å²) in [5.41, 5.74) is 4.29. The van der Waals surface area contributed by atoms with Crippen LogP contribution in [0, 0.1) is 5.41 Å². The van der Waals surface area contributed by atoms with Crippen molar-refractivity contribution in [2.24, 2.45) is 10.7 Å². The summed E-state index contributed by atoms with van der Waals surface area (Å²) in [6, 6.07) is 0. The second kappa shape index (κ2) is 2.81. The molecule has 0 saturated carbocycles. The van der Waals surface area contributed by atoms with E-state index in [9.17, 15) is 4.79 Å². The lowest BCUT2D eigenvalue weighted by molar-refractivity contribution is -0.129. The molecule has 0 aromatic carbocycles. The first-order valence-electron chi connectivity index (χ1n) is 2.14. The van der Waals surface area contributed by atoms with E-state index in [-0.39, 0.29) is 5.84 Å². The molecule has 0 bridgehead atoms. The summed E-state index contributed by atoms with van der Waals surface area (Å²) < 4.78 is 0. The topological polar surface area (TPSA) is 99.5 Å². The monoisotopic (exact) mass is 129 g/mol. The number of nitrogens with two attached hydrogens (primary N) is 1. The van der Waals surface area contributed by atoms with Crippen molar-refractivity contribution in [3.63, 3.8) is 0 Å². The third-order valence-corrected chi connectivity index (χ3v) is 0.711. The number of aliphatic imine (C=N–C) groups is 1. The molecule has 0 unspecified atom stereocenters. The van der Waals surface area contributed by atoms with Crippen LogP contribution in [-0.2, 0) is 4.79 Å². The minimum atomic E-state index is -1.36. The number of hydrogen-bond acceptors (Lipinski definition) is 3. The molecule has 5 nitrogen and oxygen atoms in total. The molecule has 0 aliphatic carbocycles. The predicted molar refractivity (Wildman–Crippen MR) is 32.9 cm³/mol. The van der Waals surface area contributed by atoms with Crippen molar-refractivity contribution in [2.45, 2.75) is 0 Å². The number of nitrogens with zero attached hydrogens (tertiary/aromatic N) is 1. The van der Waals surface area contributed by atoms with Crippen LogP contribution in [0.25, 0.3) is 0 Å². The third-order valence-electron chi connectivity index (χ3n) is 0.711. The average molecular weight is 129 g/mol. The molecule has 9 heavy (non-hydrogen) atoms. The van der Waals surface area contributed by atoms with Crippen LogP contribution in [0.5, 0.6) is 0 Å². The molecule has 0 aliphatic heterocycles. The maximum atomic E-state index is 9.91. The van der Waals surface area contributed by atoms with Gasteiger partial charge in [-0.25, -0.2) is 4.79 Å². The fourth-order valence-electron chi connectivity index (χ4n) is 0.221. The van der Waals surface area contributed by atoms with Crippen molar-refractivity contribution >= 4 is 17.5 Å². The van der Waals surface area contributed by atoms with Gasteiger partial charge in [-0.1, -0.05) is 0 Å². The molecule has 0 saturated heterocycles. The van der Waals surface area contributed by atoms with E-state index in [0.717, 1.165) is 0 Å². The standard InChI is InChI=1S/C4H7N3O2/c1-7-3(6)2(5)4(8)9/h5H,1H3,(H2,6,7)(H,8,9). The molecule has 5 heteroatoms. The van der Waals surface area contributed by atoms with Gasteiger partial charge in [-0.3, -0.25) is 10.4 Å². The quantitative estimate of drug-likeness (QED) is 0.332. The zero-order chi connectivity index (χ0) is 7.44. The molecule has 0 rings (SSSR count). The Morgan fingerprint density at radius 2 is 2.22 bits per heavy atom. The van der Waals surface area contributed by atoms with Crippen LogP contribution < -0.4 is 5.73 Å². The summed E-state index contributed by atoms with van der Waals surface area (Å²) in [5.74, 6) is -1.62. The van der Waals surface area contributed by atoms with Gasteiger partial charge in [-0.05, 0) is 0 Å². The van der Waals surface area contributed by atoms with Crippen molar-refractivity contribution in [3.05, 3.63) is 0 Å². The van der Waals surface area contributed by atoms with Crippen molar-refractivity contribution in [2.75, 3.05) is 7.05 Å². The summed E-state index contributed by atoms with van der Waals surface area (Å²) in [5, 5.41) is 14.8. The van der Waals surface area contributed by atoms with Gasteiger partial charge in [0.2, 0.25) is 0 Å². The van der Waals surface area contributed by atoms with Crippen LogP contribution in [0.3, 0.4) is 0 Å². The SMILES string of the molecule is C/N=C(/N)C(=N)C(=O)O. The van der Waals surface area contributed by atoms with Crippen LogP contribution in [0.15, 0.2) is 4.99 Å². The lowest BCUT2D eigenvalue weighted by atomic mass is 10.3. The first kappa shape index (κ1) is 7.61. The third kappa shape index (κ3) is 1.89. The molecule has 0 aromatic heterocycles. The number of aliphatic carboxylic acids is 1. The van der Waals surface area contributed by atoms with E-state index in [0.29, 0.717) is 0 Å². The molecular formula is C4H7N3O2. The highest BCUT2D eigenvalue weighted by Gasteiger charge is 2.09. The lowest BCUT2D eigenvalue weighted by Crippen LogP contribution is -2.29. The number of carboxylic acid groups (broad SMARTS) is 1. The zero-order valence-corrected chi connectivity index (χ0v) is 4.88. The second-order valence-corrected chi connectivity index (χ2v) is 1.29. The highest BCUT2D eigenvalue weighted by Crippen LogP contribution is 1.72. The first-order valence-corrected chi connectivity index (χ1v) is 2.14. The van der Waals surface area contributed by atoms with E-state index < -0.39 is 11.7 Å². The maximum absolute atomic E-state index is 9.91. The molecule has 0 radical (unpaired) electrons. The molecule has 0 heterocycles. The van der Waals surface area contributed by atoms with E-state index in [4.69, 9.17) is 16.2 Å². The van der Waals surface area contributed by atoms with Crippen molar-refractivity contribution in [1.82, 2.24) is 0 Å². The molecule has 0 aromatic rings. The Labute approximate surface area is 51.7 Å². The van der Waals surface area contributed by atoms with Crippen molar-refractivity contribution < 1.29 is 9.90 Å². The fraction of sp³-hybridized carbons (Fsp3) is 0.250. The van der Waals surface area contributed by atoms with E-state index in [1.165, 1.54) is 7.05 Å². The predicted octanol–water partition coefficient (Wildman–Crippen LogP) is -0.922. The zero-order valence-electron chi connectivity index (χ0n) is 4.88. The van der Waals surface area contributed by atoms with Gasteiger partial charge in [0.25, 0.3) is 0 Å². The average Bonchev–Trinajstić information content (AvgIpc) is 1.84. The van der Waals surface area contributed by atoms with Gasteiger partial charge in [0, 0.05) is 7.05 Å². The Morgan fingerprint density at radius 1 is 1.78 bits per heavy atom. The van der Waals surface area contributed by atoms with E-state index >= 15 is 0 Å². The van der Waals surface area contributed by atoms with Crippen LogP contribution in [0.4, 0.5) is 0 Å². The minimum Gasteiger partial charge on any atom is -0.476 e. The summed E-state index contributed by atoms with van der Waals surface area (Å²) in [7, 11) is 1.33. The number of nitrogens with one attached hydrogen (secondary N) is 1. The van der Waals surface area contributed by atoms with Gasteiger partial charge in [0.05, 0.1) is 0 Å². The Hall–Kier alpha value is -1.39. The van der Waals surface area contributed by atoms with Gasteiger partial charge in [-0.15, -0.1) is 0 Å². The molecule has 0 fully saturated rings. The van der Waals surface area contributed by atoms with E-state index in [2.05, 4.69) is 4.99 Å². The van der Waals surface area contributed by atoms with E-state index in [1.54, 1.807) is 0 Å². The molecular weight excluding hydrogens is 122 g/mol. The van der Waals surface area contributed by atoms with Gasteiger partial charge in [-0.2, -0.15) is 0 Å². The summed E-state index contributed by atoms with van der Waals surface area (Å²) >= 11 is 0. The largest absolute Gasteiger partial charge is 0.476 e. The summed E-state index contributed by atoms with van der Waals surface area (Å²) in [4.78, 5) is 13.2. The number of rotatable bonds is 2. The smallest absolute Gasteiger partial charge is 0.357 e. The molecule has 0 spiro atoms. The minimum absolute atomic E-state index is 0.262. The summed E-state index contributed by atoms with van der Waals surface area (Å²) in [6.07, 6.45) is 0. The maximum Gasteiger partial charge on any atom is 0.357 e. The molecule has 50 valence electrons. The van der Waals surface area contributed by atoms with Gasteiger partial charge >= 0.3 is 5.97 Å². The van der Waals surface area contributed by atoms with Crippen LogP contribution in [0.2, 0.25) is 0 Å². The van der Waals surface area contributed by atoms with Crippen LogP contribution in [-0.4, -0.2) is 29.7 Å². The Morgan fingerprint density at radius 3 is 2.33 bits per heavy atom. The number of carbonyl (C=O) groups is 1. The Kier molecular flexibility index (Phi) is 2.37. The van der Waals surface area contributed by atoms with Crippen molar-refractivity contribution in [3.8, 4) is 0 Å². The molecule has 0 atom stereocenters. The van der Waals surface area contributed by atoms with Crippen LogP contribution in [0.1, 0.15) is 0 Å². The Balaban J connectivity index is 4.23. The normalized spacial score (nSPS) is 11.0. The summed E-state index contributed by atoms with van der Waals surface area (Å²) in [6.45, 7) is 0. The molecule has 0 amide bonds. The van der Waals surface area contributed by atoms with E-state index in [1.807, 2.05) is 0 Å². The fourth-order valence-corrected chi connectivity index (χ4v) is 0.221. The number of carboxylic acids is 1.